The van der Waals surface area contributed by atoms with Gasteiger partial charge in [-0.2, -0.15) is 16.8 Å². The molecule has 0 spiro atoms. The molecule has 0 bridgehead atoms. The number of hydrogen-bond donors (Lipinski definition) is 4. The van der Waals surface area contributed by atoms with Crippen molar-refractivity contribution in [2.45, 2.75) is 30.4 Å². The van der Waals surface area contributed by atoms with Gasteiger partial charge in [0.1, 0.15) is 0 Å². The third-order valence-corrected chi connectivity index (χ3v) is 4.91. The van der Waals surface area contributed by atoms with E-state index < -0.39 is 43.8 Å². The van der Waals surface area contributed by atoms with E-state index >= 15 is 0 Å². The average Bonchev–Trinajstić information content (AvgIpc) is 2.37. The first kappa shape index (κ1) is 40.9. The molecule has 0 fully saturated rings. The van der Waals surface area contributed by atoms with Crippen LogP contribution in [0.2, 0.25) is 0 Å². The van der Waals surface area contributed by atoms with Crippen LogP contribution in [0.4, 0.5) is 0 Å². The molecule has 1 aromatic rings. The minimum absolute atomic E-state index is 0. The van der Waals surface area contributed by atoms with Gasteiger partial charge in [-0.1, -0.05) is 12.1 Å². The predicted molar refractivity (Wildman–Crippen MR) is 110 cm³/mol. The summed E-state index contributed by atoms with van der Waals surface area (Å²) in [5.74, 6) is -3.50. The van der Waals surface area contributed by atoms with Crippen LogP contribution >= 0.6 is 0 Å². The predicted octanol–water partition coefficient (Wildman–Crippen LogP) is -2.24. The number of aliphatic carboxylic acids is 2. The summed E-state index contributed by atoms with van der Waals surface area (Å²) in [7, 11) is -8.90. The molecule has 1 atom stereocenters. The molecule has 28 heavy (non-hydrogen) atoms. The maximum absolute atomic E-state index is 10.8. The van der Waals surface area contributed by atoms with Gasteiger partial charge in [0.15, 0.2) is 5.25 Å². The molecule has 10 nitrogen and oxygen atoms in total. The Bertz CT molecular complexity index is 843. The Morgan fingerprint density at radius 2 is 1.39 bits per heavy atom. The van der Waals surface area contributed by atoms with E-state index in [-0.39, 0.29) is 145 Å². The van der Waals surface area contributed by atoms with E-state index in [2.05, 4.69) is 0 Å². The molecule has 0 heterocycles. The third kappa shape index (κ3) is 16.3. The molecule has 144 valence electrons. The van der Waals surface area contributed by atoms with Crippen LogP contribution in [0.25, 0.3) is 0 Å². The summed E-state index contributed by atoms with van der Waals surface area (Å²) in [5.41, 5.74) is 1.45. The van der Waals surface area contributed by atoms with Crippen LogP contribution in [0.5, 0.6) is 0 Å². The van der Waals surface area contributed by atoms with Crippen LogP contribution in [0, 0.1) is 13.8 Å². The van der Waals surface area contributed by atoms with Crippen molar-refractivity contribution in [3.63, 3.8) is 0 Å². The van der Waals surface area contributed by atoms with Crippen LogP contribution in [-0.2, 0) is 29.8 Å². The van der Waals surface area contributed by atoms with Crippen molar-refractivity contribution in [3.8, 4) is 0 Å². The first-order chi connectivity index (χ1) is 10.7. The fourth-order valence-corrected chi connectivity index (χ4v) is 2.89. The molecule has 0 aliphatic carbocycles. The molecule has 0 saturated carbocycles. The summed E-state index contributed by atoms with van der Waals surface area (Å²) in [6, 6.07) is 4.78. The van der Waals surface area contributed by atoms with Crippen LogP contribution in [-0.4, -0.2) is 193 Å². The Hall–Kier alpha value is 2.62. The molecular formula is C12H20KNa3O10S2. The van der Waals surface area contributed by atoms with E-state index in [1.807, 2.05) is 0 Å². The summed E-state index contributed by atoms with van der Waals surface area (Å²) >= 11 is 0. The van der Waals surface area contributed by atoms with Crippen molar-refractivity contribution in [2.75, 3.05) is 0 Å². The normalized spacial score (nSPS) is 10.9. The van der Waals surface area contributed by atoms with Crippen LogP contribution < -0.4 is 0 Å². The Morgan fingerprint density at radius 1 is 0.964 bits per heavy atom. The van der Waals surface area contributed by atoms with Gasteiger partial charge in [0, 0.05) is 0 Å². The van der Waals surface area contributed by atoms with Gasteiger partial charge in [-0.3, -0.25) is 18.7 Å². The van der Waals surface area contributed by atoms with Crippen molar-refractivity contribution in [1.82, 2.24) is 0 Å². The van der Waals surface area contributed by atoms with Gasteiger partial charge in [0.2, 0.25) is 0 Å². The van der Waals surface area contributed by atoms with Gasteiger partial charge in [-0.05, 0) is 31.0 Å². The molecule has 0 radical (unpaired) electrons. The SMILES string of the molecule is Cc1cccc(S(=O)(=O)O)c1C.O=C(O)CC(C(=O)O)S(=O)(=O)O.[KH].[NaH].[NaH].[NaH]. The Balaban J connectivity index is -0.000000110. The molecule has 0 aliphatic rings. The van der Waals surface area contributed by atoms with Crippen LogP contribution in [0.15, 0.2) is 23.1 Å². The quantitative estimate of drug-likeness (QED) is 0.257. The molecule has 16 heteroatoms. The van der Waals surface area contributed by atoms with Gasteiger partial charge in [-0.15, -0.1) is 0 Å². The van der Waals surface area contributed by atoms with Crippen LogP contribution in [0.3, 0.4) is 0 Å². The summed E-state index contributed by atoms with van der Waals surface area (Å²) in [6.07, 6.45) is -1.16. The molecule has 0 amide bonds. The molecule has 1 rings (SSSR count). The summed E-state index contributed by atoms with van der Waals surface area (Å²) in [5, 5.41) is 13.9. The average molecular weight is 496 g/mol. The van der Waals surface area contributed by atoms with Crippen molar-refractivity contribution in [1.29, 1.82) is 0 Å². The third-order valence-electron chi connectivity index (χ3n) is 2.83. The van der Waals surface area contributed by atoms with E-state index in [0.717, 1.165) is 5.56 Å². The van der Waals surface area contributed by atoms with E-state index in [1.165, 1.54) is 6.07 Å². The molecule has 0 aliphatic heterocycles. The fourth-order valence-electron chi connectivity index (χ4n) is 1.48. The van der Waals surface area contributed by atoms with Gasteiger partial charge >= 0.3 is 152 Å². The van der Waals surface area contributed by atoms with Gasteiger partial charge in [0.25, 0.3) is 20.2 Å². The Labute approximate surface area is 272 Å². The number of rotatable bonds is 5. The minimum atomic E-state index is -4.84. The fraction of sp³-hybridized carbons (Fsp3) is 0.333. The number of carboxylic acid groups (broad SMARTS) is 2. The molecule has 4 N–H and O–H groups in total. The van der Waals surface area contributed by atoms with Crippen molar-refractivity contribution >= 4 is 172 Å². The number of hydrogen-bond acceptors (Lipinski definition) is 6. The monoisotopic (exact) mass is 496 g/mol. The number of carboxylic acids is 2. The molecule has 0 saturated heterocycles. The summed E-state index contributed by atoms with van der Waals surface area (Å²) < 4.78 is 59.0. The first-order valence-electron chi connectivity index (χ1n) is 6.12. The summed E-state index contributed by atoms with van der Waals surface area (Å²) in [4.78, 5) is 20.0. The van der Waals surface area contributed by atoms with E-state index in [9.17, 15) is 26.4 Å². The molecule has 1 unspecified atom stereocenters. The topological polar surface area (TPSA) is 183 Å². The van der Waals surface area contributed by atoms with Crippen molar-refractivity contribution in [3.05, 3.63) is 29.3 Å². The van der Waals surface area contributed by atoms with E-state index in [4.69, 9.17) is 19.3 Å². The zero-order valence-electron chi connectivity index (χ0n) is 12.6. The zero-order valence-corrected chi connectivity index (χ0v) is 14.2. The van der Waals surface area contributed by atoms with E-state index in [0.29, 0.717) is 5.56 Å². The standard InChI is InChI=1S/C8H10O3S.C4H6O7S.K.3Na.4H/c1-6-4-3-5-8(7(6)2)12(9,10)11;5-3(6)1-2(4(7)8)12(9,10)11;;;;;;;;/h3-5H,1-2H3,(H,9,10,11);2H,1H2,(H,5,6)(H,7,8)(H,9,10,11);;;;;;;;. The van der Waals surface area contributed by atoms with Crippen molar-refractivity contribution < 1.29 is 45.7 Å². The zero-order chi connectivity index (χ0) is 19.3. The molecule has 1 aromatic carbocycles. The Morgan fingerprint density at radius 3 is 1.61 bits per heavy atom. The van der Waals surface area contributed by atoms with Gasteiger partial charge < -0.3 is 10.2 Å². The van der Waals surface area contributed by atoms with E-state index in [1.54, 1.807) is 26.0 Å². The second kappa shape index (κ2) is 18.1. The summed E-state index contributed by atoms with van der Waals surface area (Å²) in [6.45, 7) is 3.46. The second-order valence-corrected chi connectivity index (χ2v) is 7.60. The molecule has 0 aromatic heterocycles. The number of carbonyl (C=O) groups is 2. The van der Waals surface area contributed by atoms with Gasteiger partial charge in [-0.25, -0.2) is 0 Å². The van der Waals surface area contributed by atoms with Gasteiger partial charge in [0.05, 0.1) is 11.3 Å². The number of benzene rings is 1. The molecular weight excluding hydrogens is 476 g/mol. The number of aryl methyl sites for hydroxylation is 1. The first-order valence-corrected chi connectivity index (χ1v) is 9.06. The maximum atomic E-state index is 10.8. The second-order valence-electron chi connectivity index (χ2n) is 4.61. The van der Waals surface area contributed by atoms with Crippen molar-refractivity contribution in [2.24, 2.45) is 0 Å². The Kier molecular flexibility index (Phi) is 26.4. The van der Waals surface area contributed by atoms with Crippen LogP contribution in [0.1, 0.15) is 17.5 Å².